The van der Waals surface area contributed by atoms with Crippen molar-refractivity contribution in [2.24, 2.45) is 5.73 Å². The predicted molar refractivity (Wildman–Crippen MR) is 66.2 cm³/mol. The number of Topliss-reactive ketones (excluding diaryl/α,β-unsaturated/α-hetero) is 1. The number of allylic oxidation sites excluding steroid dienone is 2. The molecule has 2 N–H and O–H groups in total. The van der Waals surface area contributed by atoms with E-state index in [1.165, 1.54) is 32.1 Å². The van der Waals surface area contributed by atoms with Gasteiger partial charge in [-0.2, -0.15) is 0 Å². The number of carbonyl (C=O) groups is 1. The van der Waals surface area contributed by atoms with E-state index in [4.69, 9.17) is 5.73 Å². The van der Waals surface area contributed by atoms with Crippen molar-refractivity contribution in [3.63, 3.8) is 0 Å². The maximum atomic E-state index is 12.2. The fourth-order valence-electron chi connectivity index (χ4n) is 2.96. The molecule has 0 spiro atoms. The number of nitrogens with two attached hydrogens (primary N) is 1. The summed E-state index contributed by atoms with van der Waals surface area (Å²) in [4.78, 5) is 12.2. The molecule has 90 valence electrons. The van der Waals surface area contributed by atoms with E-state index < -0.39 is 0 Å². The second kappa shape index (κ2) is 5.13. The number of ketones is 1. The molecular formula is C14H23NO. The Kier molecular flexibility index (Phi) is 3.80. The molecule has 0 aromatic rings. The Balaban J connectivity index is 1.93. The lowest BCUT2D eigenvalue weighted by Crippen LogP contribution is -2.39. The Morgan fingerprint density at radius 2 is 1.94 bits per heavy atom. The van der Waals surface area contributed by atoms with Crippen LogP contribution in [-0.4, -0.2) is 11.3 Å². The van der Waals surface area contributed by atoms with E-state index in [1.807, 2.05) is 0 Å². The lowest BCUT2D eigenvalue weighted by atomic mass is 9.89. The SMILES string of the molecule is NC1(CC(=O)C2=CCCCCC2)CCCC1. The van der Waals surface area contributed by atoms with E-state index in [-0.39, 0.29) is 5.54 Å². The van der Waals surface area contributed by atoms with Crippen LogP contribution in [0.15, 0.2) is 11.6 Å². The van der Waals surface area contributed by atoms with Crippen LogP contribution in [0.1, 0.15) is 64.2 Å². The van der Waals surface area contributed by atoms with E-state index in [2.05, 4.69) is 6.08 Å². The van der Waals surface area contributed by atoms with E-state index in [9.17, 15) is 4.79 Å². The second-order valence-electron chi connectivity index (χ2n) is 5.50. The van der Waals surface area contributed by atoms with Crippen molar-refractivity contribution in [3.05, 3.63) is 11.6 Å². The minimum absolute atomic E-state index is 0.176. The van der Waals surface area contributed by atoms with Crippen molar-refractivity contribution in [2.45, 2.75) is 69.7 Å². The highest BCUT2D eigenvalue weighted by molar-refractivity contribution is 5.96. The summed E-state index contributed by atoms with van der Waals surface area (Å²) >= 11 is 0. The summed E-state index contributed by atoms with van der Waals surface area (Å²) in [6.45, 7) is 0. The number of hydrogen-bond donors (Lipinski definition) is 1. The summed E-state index contributed by atoms with van der Waals surface area (Å²) in [7, 11) is 0. The van der Waals surface area contributed by atoms with Gasteiger partial charge in [-0.05, 0) is 44.1 Å². The van der Waals surface area contributed by atoms with Crippen molar-refractivity contribution < 1.29 is 4.79 Å². The van der Waals surface area contributed by atoms with Crippen molar-refractivity contribution in [3.8, 4) is 0 Å². The summed E-state index contributed by atoms with van der Waals surface area (Å²) in [6, 6.07) is 0. The minimum Gasteiger partial charge on any atom is -0.325 e. The molecule has 2 aliphatic carbocycles. The summed E-state index contributed by atoms with van der Waals surface area (Å²) in [5.74, 6) is 0.325. The highest BCUT2D eigenvalue weighted by Gasteiger charge is 2.32. The summed E-state index contributed by atoms with van der Waals surface area (Å²) in [5, 5.41) is 0. The third kappa shape index (κ3) is 2.94. The number of hydrogen-bond acceptors (Lipinski definition) is 2. The first-order valence-corrected chi connectivity index (χ1v) is 6.71. The smallest absolute Gasteiger partial charge is 0.160 e. The topological polar surface area (TPSA) is 43.1 Å². The molecule has 0 heterocycles. The second-order valence-corrected chi connectivity index (χ2v) is 5.50. The van der Waals surface area contributed by atoms with Crippen molar-refractivity contribution in [1.29, 1.82) is 0 Å². The van der Waals surface area contributed by atoms with Gasteiger partial charge < -0.3 is 5.73 Å². The molecule has 2 heteroatoms. The molecule has 2 aliphatic rings. The van der Waals surface area contributed by atoms with Crippen LogP contribution >= 0.6 is 0 Å². The zero-order valence-corrected chi connectivity index (χ0v) is 10.1. The monoisotopic (exact) mass is 221 g/mol. The van der Waals surface area contributed by atoms with Crippen LogP contribution in [-0.2, 0) is 4.79 Å². The van der Waals surface area contributed by atoms with Gasteiger partial charge in [0.15, 0.2) is 5.78 Å². The molecule has 0 unspecified atom stereocenters. The molecule has 0 atom stereocenters. The Bertz CT molecular complexity index is 287. The highest BCUT2D eigenvalue weighted by Crippen LogP contribution is 2.32. The first-order chi connectivity index (χ1) is 7.70. The van der Waals surface area contributed by atoms with Gasteiger partial charge in [0.1, 0.15) is 0 Å². The van der Waals surface area contributed by atoms with Gasteiger partial charge in [-0.1, -0.05) is 25.3 Å². The van der Waals surface area contributed by atoms with Crippen LogP contribution in [0.5, 0.6) is 0 Å². The molecule has 0 radical (unpaired) electrons. The summed E-state index contributed by atoms with van der Waals surface area (Å²) in [5.41, 5.74) is 7.15. The molecule has 0 aromatic carbocycles. The van der Waals surface area contributed by atoms with Crippen molar-refractivity contribution in [2.75, 3.05) is 0 Å². The predicted octanol–water partition coefficient (Wildman–Crippen LogP) is 3.11. The van der Waals surface area contributed by atoms with Gasteiger partial charge in [-0.25, -0.2) is 0 Å². The average Bonchev–Trinajstić information content (AvgIpc) is 2.56. The molecule has 0 amide bonds. The van der Waals surface area contributed by atoms with Crippen LogP contribution in [0.2, 0.25) is 0 Å². The molecule has 0 saturated heterocycles. The third-order valence-corrected chi connectivity index (χ3v) is 4.01. The molecular weight excluding hydrogens is 198 g/mol. The van der Waals surface area contributed by atoms with Crippen molar-refractivity contribution in [1.82, 2.24) is 0 Å². The minimum atomic E-state index is -0.176. The molecule has 1 fully saturated rings. The Morgan fingerprint density at radius 3 is 2.69 bits per heavy atom. The van der Waals surface area contributed by atoms with Crippen LogP contribution in [0, 0.1) is 0 Å². The number of rotatable bonds is 3. The first-order valence-electron chi connectivity index (χ1n) is 6.71. The van der Waals surface area contributed by atoms with Crippen LogP contribution in [0.25, 0.3) is 0 Å². The summed E-state index contributed by atoms with van der Waals surface area (Å²) in [6.07, 6.45) is 12.9. The van der Waals surface area contributed by atoms with Crippen LogP contribution in [0.4, 0.5) is 0 Å². The molecule has 0 aromatic heterocycles. The van der Waals surface area contributed by atoms with E-state index in [0.717, 1.165) is 31.3 Å². The van der Waals surface area contributed by atoms with Gasteiger partial charge in [0.25, 0.3) is 0 Å². The van der Waals surface area contributed by atoms with Crippen molar-refractivity contribution >= 4 is 5.78 Å². The molecule has 16 heavy (non-hydrogen) atoms. The Morgan fingerprint density at radius 1 is 1.19 bits per heavy atom. The molecule has 1 saturated carbocycles. The van der Waals surface area contributed by atoms with Crippen LogP contribution < -0.4 is 5.73 Å². The fraction of sp³-hybridized carbons (Fsp3) is 0.786. The third-order valence-electron chi connectivity index (χ3n) is 4.01. The average molecular weight is 221 g/mol. The molecule has 0 bridgehead atoms. The zero-order chi connectivity index (χ0) is 11.4. The van der Waals surface area contributed by atoms with Gasteiger partial charge in [0.2, 0.25) is 0 Å². The maximum absolute atomic E-state index is 12.2. The van der Waals surface area contributed by atoms with E-state index in [0.29, 0.717) is 12.2 Å². The van der Waals surface area contributed by atoms with Gasteiger partial charge in [0, 0.05) is 12.0 Å². The van der Waals surface area contributed by atoms with Crippen LogP contribution in [0.3, 0.4) is 0 Å². The Hall–Kier alpha value is -0.630. The van der Waals surface area contributed by atoms with Gasteiger partial charge >= 0.3 is 0 Å². The van der Waals surface area contributed by atoms with Gasteiger partial charge in [-0.15, -0.1) is 0 Å². The lowest BCUT2D eigenvalue weighted by Gasteiger charge is -2.23. The van der Waals surface area contributed by atoms with Gasteiger partial charge in [0.05, 0.1) is 0 Å². The van der Waals surface area contributed by atoms with Gasteiger partial charge in [-0.3, -0.25) is 4.79 Å². The zero-order valence-electron chi connectivity index (χ0n) is 10.1. The molecule has 2 nitrogen and oxygen atoms in total. The molecule has 0 aliphatic heterocycles. The maximum Gasteiger partial charge on any atom is 0.160 e. The lowest BCUT2D eigenvalue weighted by molar-refractivity contribution is -0.116. The molecule has 2 rings (SSSR count). The quantitative estimate of drug-likeness (QED) is 0.795. The highest BCUT2D eigenvalue weighted by atomic mass is 16.1. The Labute approximate surface area is 98.3 Å². The normalized spacial score (nSPS) is 24.9. The first kappa shape index (κ1) is 11.8. The van der Waals surface area contributed by atoms with E-state index >= 15 is 0 Å². The van der Waals surface area contributed by atoms with E-state index in [1.54, 1.807) is 0 Å². The largest absolute Gasteiger partial charge is 0.325 e. The fourth-order valence-corrected chi connectivity index (χ4v) is 2.96. The standard InChI is InChI=1S/C14H23NO/c15-14(9-5-6-10-14)11-13(16)12-7-3-1-2-4-8-12/h7H,1-6,8-11,15H2. The number of carbonyl (C=O) groups excluding carboxylic acids is 1. The summed E-state index contributed by atoms with van der Waals surface area (Å²) < 4.78 is 0.